The molecule has 0 amide bonds. The Labute approximate surface area is 194 Å². The van der Waals surface area contributed by atoms with Crippen molar-refractivity contribution in [1.29, 1.82) is 0 Å². The number of hydrogen-bond donors (Lipinski definition) is 1. The van der Waals surface area contributed by atoms with E-state index in [9.17, 15) is 0 Å². The van der Waals surface area contributed by atoms with Crippen LogP contribution in [0.25, 0.3) is 5.69 Å². The molecule has 0 spiro atoms. The fourth-order valence-electron chi connectivity index (χ4n) is 4.97. The molecule has 6 heteroatoms. The van der Waals surface area contributed by atoms with Crippen molar-refractivity contribution in [3.63, 3.8) is 0 Å². The van der Waals surface area contributed by atoms with Crippen LogP contribution in [0.4, 0.5) is 5.82 Å². The average Bonchev–Trinajstić information content (AvgIpc) is 2.95. The lowest BCUT2D eigenvalue weighted by atomic mass is 9.91. The molecule has 2 aromatic carbocycles. The number of rotatable bonds is 4. The van der Waals surface area contributed by atoms with Gasteiger partial charge in [0.15, 0.2) is 0 Å². The Morgan fingerprint density at radius 3 is 2.61 bits per heavy atom. The maximum atomic E-state index is 6.31. The molecule has 3 aromatic rings. The Morgan fingerprint density at radius 1 is 1.00 bits per heavy atom. The van der Waals surface area contributed by atoms with Crippen molar-refractivity contribution in [2.45, 2.75) is 44.6 Å². The third-order valence-corrected chi connectivity index (χ3v) is 6.83. The molecule has 1 fully saturated rings. The Kier molecular flexibility index (Phi) is 6.22. The fourth-order valence-corrected chi connectivity index (χ4v) is 5.48. The molecule has 0 saturated carbocycles. The Balaban J connectivity index is 1.47. The van der Waals surface area contributed by atoms with Gasteiger partial charge in [0.25, 0.3) is 0 Å². The zero-order valence-corrected chi connectivity index (χ0v) is 19.2. The summed E-state index contributed by atoms with van der Waals surface area (Å²) in [5.74, 6) is 1.56. The summed E-state index contributed by atoms with van der Waals surface area (Å²) in [4.78, 5) is 2.58. The van der Waals surface area contributed by atoms with Crippen LogP contribution in [-0.2, 0) is 13.0 Å². The van der Waals surface area contributed by atoms with Gasteiger partial charge in [0.05, 0.1) is 11.4 Å². The summed E-state index contributed by atoms with van der Waals surface area (Å²) in [6.45, 7) is 4.17. The fraction of sp³-hybridized carbons (Fsp3) is 0.400. The molecule has 2 aliphatic rings. The first-order chi connectivity index (χ1) is 15.2. The van der Waals surface area contributed by atoms with Crippen molar-refractivity contribution >= 4 is 29.0 Å². The van der Waals surface area contributed by atoms with Crippen molar-refractivity contribution in [1.82, 2.24) is 14.7 Å². The highest BCUT2D eigenvalue weighted by atomic mass is 35.5. The lowest BCUT2D eigenvalue weighted by molar-refractivity contribution is 0.198. The van der Waals surface area contributed by atoms with Gasteiger partial charge in [-0.3, -0.25) is 4.90 Å². The SMILES string of the molecule is Clc1cc(Cl)cc(-n2nc(C3CCCN(Cc4ccccc4)C3)c3c2NCCCC3)c1. The summed E-state index contributed by atoms with van der Waals surface area (Å²) in [6.07, 6.45) is 5.83. The van der Waals surface area contributed by atoms with Crippen molar-refractivity contribution in [3.05, 3.63) is 75.4 Å². The van der Waals surface area contributed by atoms with Crippen molar-refractivity contribution < 1.29 is 0 Å². The number of nitrogens with zero attached hydrogens (tertiary/aromatic N) is 3. The average molecular weight is 455 g/mol. The summed E-state index contributed by atoms with van der Waals surface area (Å²) in [6, 6.07) is 16.4. The molecule has 162 valence electrons. The van der Waals surface area contributed by atoms with Crippen LogP contribution in [0.1, 0.15) is 48.4 Å². The van der Waals surface area contributed by atoms with Gasteiger partial charge in [-0.25, -0.2) is 4.68 Å². The number of hydrogen-bond acceptors (Lipinski definition) is 3. The van der Waals surface area contributed by atoms with Crippen molar-refractivity contribution in [2.24, 2.45) is 0 Å². The van der Waals surface area contributed by atoms with E-state index in [1.165, 1.54) is 42.5 Å². The smallest absolute Gasteiger partial charge is 0.133 e. The highest BCUT2D eigenvalue weighted by molar-refractivity contribution is 6.34. The lowest BCUT2D eigenvalue weighted by Gasteiger charge is -2.32. The minimum absolute atomic E-state index is 0.446. The maximum absolute atomic E-state index is 6.31. The molecule has 0 bridgehead atoms. The minimum atomic E-state index is 0.446. The number of halogens is 2. The number of anilines is 1. The number of nitrogens with one attached hydrogen (secondary N) is 1. The highest BCUT2D eigenvalue weighted by Gasteiger charge is 2.29. The molecule has 5 rings (SSSR count). The van der Waals surface area contributed by atoms with Gasteiger partial charge in [0.1, 0.15) is 5.82 Å². The molecular weight excluding hydrogens is 427 g/mol. The second kappa shape index (κ2) is 9.23. The van der Waals surface area contributed by atoms with Crippen LogP contribution in [0.3, 0.4) is 0 Å². The summed E-state index contributed by atoms with van der Waals surface area (Å²) >= 11 is 12.6. The topological polar surface area (TPSA) is 33.1 Å². The number of piperidine rings is 1. The lowest BCUT2D eigenvalue weighted by Crippen LogP contribution is -2.34. The Bertz CT molecular complexity index is 1030. The molecule has 1 N–H and O–H groups in total. The van der Waals surface area contributed by atoms with Gasteiger partial charge in [-0.2, -0.15) is 5.10 Å². The normalized spacial score (nSPS) is 19.5. The molecular formula is C25H28Cl2N4. The number of fused-ring (bicyclic) bond motifs is 1. The first-order valence-electron chi connectivity index (χ1n) is 11.3. The van der Waals surface area contributed by atoms with Gasteiger partial charge in [0, 0.05) is 41.2 Å². The van der Waals surface area contributed by atoms with Gasteiger partial charge in [-0.1, -0.05) is 53.5 Å². The van der Waals surface area contributed by atoms with Crippen LogP contribution < -0.4 is 5.32 Å². The second-order valence-electron chi connectivity index (χ2n) is 8.70. The van der Waals surface area contributed by atoms with E-state index >= 15 is 0 Å². The monoisotopic (exact) mass is 454 g/mol. The van der Waals surface area contributed by atoms with E-state index in [-0.39, 0.29) is 0 Å². The highest BCUT2D eigenvalue weighted by Crippen LogP contribution is 2.36. The number of aromatic nitrogens is 2. The van der Waals surface area contributed by atoms with E-state index < -0.39 is 0 Å². The zero-order valence-electron chi connectivity index (χ0n) is 17.7. The molecule has 0 aliphatic carbocycles. The summed E-state index contributed by atoms with van der Waals surface area (Å²) < 4.78 is 2.03. The first kappa shape index (κ1) is 20.9. The van der Waals surface area contributed by atoms with E-state index in [0.29, 0.717) is 16.0 Å². The molecule has 31 heavy (non-hydrogen) atoms. The van der Waals surface area contributed by atoms with E-state index in [4.69, 9.17) is 28.3 Å². The zero-order chi connectivity index (χ0) is 21.2. The third-order valence-electron chi connectivity index (χ3n) is 6.39. The molecule has 2 aliphatic heterocycles. The van der Waals surface area contributed by atoms with Gasteiger partial charge in [-0.05, 0) is 62.4 Å². The molecule has 1 unspecified atom stereocenters. The van der Waals surface area contributed by atoms with Crippen LogP contribution in [0.2, 0.25) is 10.0 Å². The number of likely N-dealkylation sites (tertiary alicyclic amines) is 1. The molecule has 0 radical (unpaired) electrons. The molecule has 3 heterocycles. The predicted octanol–water partition coefficient (Wildman–Crippen LogP) is 6.31. The second-order valence-corrected chi connectivity index (χ2v) is 9.57. The van der Waals surface area contributed by atoms with Gasteiger partial charge in [-0.15, -0.1) is 0 Å². The van der Waals surface area contributed by atoms with Gasteiger partial charge >= 0.3 is 0 Å². The van der Waals surface area contributed by atoms with Crippen LogP contribution in [-0.4, -0.2) is 34.3 Å². The van der Waals surface area contributed by atoms with E-state index in [2.05, 4.69) is 40.5 Å². The summed E-state index contributed by atoms with van der Waals surface area (Å²) in [5.41, 5.74) is 4.92. The maximum Gasteiger partial charge on any atom is 0.133 e. The Hall–Kier alpha value is -2.01. The standard InChI is InChI=1S/C25H28Cl2N4/c26-20-13-21(27)15-22(14-20)31-25-23(10-4-5-11-28-25)24(29-31)19-9-6-12-30(17-19)16-18-7-2-1-3-8-18/h1-3,7-8,13-15,19,28H,4-6,9-12,16-17H2. The van der Waals surface area contributed by atoms with Crippen LogP contribution >= 0.6 is 23.2 Å². The quantitative estimate of drug-likeness (QED) is 0.501. The molecule has 1 aromatic heterocycles. The van der Waals surface area contributed by atoms with Crippen LogP contribution in [0, 0.1) is 0 Å². The van der Waals surface area contributed by atoms with Crippen molar-refractivity contribution in [2.75, 3.05) is 25.0 Å². The predicted molar refractivity (Wildman–Crippen MR) is 129 cm³/mol. The largest absolute Gasteiger partial charge is 0.370 e. The Morgan fingerprint density at radius 2 is 1.81 bits per heavy atom. The third kappa shape index (κ3) is 4.62. The van der Waals surface area contributed by atoms with E-state index in [0.717, 1.165) is 44.1 Å². The van der Waals surface area contributed by atoms with E-state index in [1.54, 1.807) is 6.07 Å². The van der Waals surface area contributed by atoms with Crippen LogP contribution in [0.15, 0.2) is 48.5 Å². The van der Waals surface area contributed by atoms with Gasteiger partial charge in [0.2, 0.25) is 0 Å². The molecule has 4 nitrogen and oxygen atoms in total. The van der Waals surface area contributed by atoms with E-state index in [1.807, 2.05) is 16.8 Å². The molecule has 1 atom stereocenters. The van der Waals surface area contributed by atoms with Gasteiger partial charge < -0.3 is 5.32 Å². The number of benzene rings is 2. The summed E-state index contributed by atoms with van der Waals surface area (Å²) in [5, 5.41) is 10.1. The first-order valence-corrected chi connectivity index (χ1v) is 12.0. The van der Waals surface area contributed by atoms with Crippen molar-refractivity contribution in [3.8, 4) is 5.69 Å². The summed E-state index contributed by atoms with van der Waals surface area (Å²) in [7, 11) is 0. The molecule has 1 saturated heterocycles. The van der Waals surface area contributed by atoms with Crippen LogP contribution in [0.5, 0.6) is 0 Å². The minimum Gasteiger partial charge on any atom is -0.370 e.